The van der Waals surface area contributed by atoms with Gasteiger partial charge < -0.3 is 10.6 Å². The van der Waals surface area contributed by atoms with Crippen molar-refractivity contribution in [3.8, 4) is 0 Å². The fourth-order valence-corrected chi connectivity index (χ4v) is 4.18. The van der Waals surface area contributed by atoms with Gasteiger partial charge in [0.15, 0.2) is 5.96 Å². The molecule has 23 heavy (non-hydrogen) atoms. The van der Waals surface area contributed by atoms with Crippen LogP contribution < -0.4 is 10.6 Å². The Morgan fingerprint density at radius 2 is 2.13 bits per heavy atom. The molecule has 1 saturated heterocycles. The van der Waals surface area contributed by atoms with Crippen LogP contribution in [0.2, 0.25) is 0 Å². The highest BCUT2D eigenvalue weighted by molar-refractivity contribution is 7.10. The van der Waals surface area contributed by atoms with E-state index in [4.69, 9.17) is 0 Å². The summed E-state index contributed by atoms with van der Waals surface area (Å²) in [5, 5.41) is 9.28. The topological polar surface area (TPSA) is 39.7 Å². The number of nitrogens with zero attached hydrogens (tertiary/aromatic N) is 2. The highest BCUT2D eigenvalue weighted by atomic mass is 32.1. The van der Waals surface area contributed by atoms with E-state index >= 15 is 0 Å². The number of hydrogen-bond donors (Lipinski definition) is 2. The van der Waals surface area contributed by atoms with Crippen molar-refractivity contribution < 1.29 is 0 Å². The second-order valence-electron chi connectivity index (χ2n) is 7.17. The Labute approximate surface area is 144 Å². The molecule has 0 aromatic carbocycles. The van der Waals surface area contributed by atoms with Crippen LogP contribution in [0.3, 0.4) is 0 Å². The number of likely N-dealkylation sites (tertiary alicyclic amines) is 1. The number of guanidine groups is 1. The molecular weight excluding hydrogens is 304 g/mol. The van der Waals surface area contributed by atoms with Crippen LogP contribution in [0.5, 0.6) is 0 Å². The van der Waals surface area contributed by atoms with Gasteiger partial charge in [0.05, 0.1) is 6.04 Å². The van der Waals surface area contributed by atoms with Crippen LogP contribution in [0.25, 0.3) is 0 Å². The monoisotopic (exact) mass is 334 g/mol. The molecule has 1 saturated carbocycles. The number of hydrogen-bond acceptors (Lipinski definition) is 3. The smallest absolute Gasteiger partial charge is 0.191 e. The summed E-state index contributed by atoms with van der Waals surface area (Å²) in [6.07, 6.45) is 3.89. The maximum atomic E-state index is 4.39. The van der Waals surface area contributed by atoms with E-state index in [9.17, 15) is 0 Å². The zero-order chi connectivity index (χ0) is 16.2. The van der Waals surface area contributed by atoms with E-state index in [1.54, 1.807) is 0 Å². The van der Waals surface area contributed by atoms with Crippen LogP contribution in [0.1, 0.15) is 44.0 Å². The van der Waals surface area contributed by atoms with Gasteiger partial charge in [-0.2, -0.15) is 0 Å². The van der Waals surface area contributed by atoms with Gasteiger partial charge in [0.25, 0.3) is 0 Å². The fraction of sp³-hybridized carbons (Fsp3) is 0.722. The van der Waals surface area contributed by atoms with Crippen molar-refractivity contribution in [2.24, 2.45) is 16.8 Å². The molecule has 2 aliphatic rings. The average molecular weight is 335 g/mol. The predicted molar refractivity (Wildman–Crippen MR) is 99.1 cm³/mol. The molecule has 128 valence electrons. The van der Waals surface area contributed by atoms with Crippen molar-refractivity contribution in [2.75, 3.05) is 26.7 Å². The zero-order valence-corrected chi connectivity index (χ0v) is 15.4. The first-order valence-electron chi connectivity index (χ1n) is 8.92. The predicted octanol–water partition coefficient (Wildman–Crippen LogP) is 3.09. The minimum absolute atomic E-state index is 0.456. The Hall–Kier alpha value is -1.07. The van der Waals surface area contributed by atoms with Crippen molar-refractivity contribution in [1.82, 2.24) is 15.5 Å². The van der Waals surface area contributed by atoms with Gasteiger partial charge in [-0.25, -0.2) is 0 Å². The third-order valence-corrected chi connectivity index (χ3v) is 6.22. The van der Waals surface area contributed by atoms with E-state index in [0.717, 1.165) is 24.3 Å². The molecule has 0 amide bonds. The summed E-state index contributed by atoms with van der Waals surface area (Å²) in [7, 11) is 1.87. The van der Waals surface area contributed by atoms with Crippen LogP contribution in [0.15, 0.2) is 22.5 Å². The molecule has 2 N–H and O–H groups in total. The van der Waals surface area contributed by atoms with Gasteiger partial charge in [0, 0.05) is 24.5 Å². The Bertz CT molecular complexity index is 505. The van der Waals surface area contributed by atoms with Crippen molar-refractivity contribution in [3.05, 3.63) is 22.4 Å². The fourth-order valence-electron chi connectivity index (χ4n) is 3.32. The molecule has 5 heteroatoms. The largest absolute Gasteiger partial charge is 0.354 e. The first-order chi connectivity index (χ1) is 11.2. The average Bonchev–Trinajstić information content (AvgIpc) is 3.02. The molecule has 0 spiro atoms. The second-order valence-corrected chi connectivity index (χ2v) is 8.15. The third-order valence-electron chi connectivity index (χ3n) is 5.25. The molecular formula is C18H30N4S. The highest BCUT2D eigenvalue weighted by Crippen LogP contribution is 2.30. The van der Waals surface area contributed by atoms with Gasteiger partial charge in [-0.05, 0) is 55.6 Å². The maximum Gasteiger partial charge on any atom is 0.191 e. The zero-order valence-electron chi connectivity index (χ0n) is 14.6. The first kappa shape index (κ1) is 16.8. The molecule has 1 aliphatic heterocycles. The molecule has 1 aliphatic carbocycles. The number of piperidine rings is 1. The van der Waals surface area contributed by atoms with Crippen molar-refractivity contribution >= 4 is 17.3 Å². The van der Waals surface area contributed by atoms with Gasteiger partial charge >= 0.3 is 0 Å². The van der Waals surface area contributed by atoms with E-state index in [1.165, 1.54) is 37.2 Å². The Kier molecular flexibility index (Phi) is 5.59. The molecule has 1 aromatic heterocycles. The lowest BCUT2D eigenvalue weighted by Gasteiger charge is -2.36. The van der Waals surface area contributed by atoms with E-state index in [1.807, 2.05) is 18.4 Å². The minimum Gasteiger partial charge on any atom is -0.354 e. The molecule has 3 unspecified atom stereocenters. The summed E-state index contributed by atoms with van der Waals surface area (Å²) in [6, 6.07) is 5.50. The summed E-state index contributed by atoms with van der Waals surface area (Å²) in [6.45, 7) is 8.00. The molecule has 2 fully saturated rings. The van der Waals surface area contributed by atoms with Crippen LogP contribution in [-0.4, -0.2) is 43.6 Å². The van der Waals surface area contributed by atoms with Crippen LogP contribution in [-0.2, 0) is 0 Å². The normalized spacial score (nSPS) is 27.7. The molecule has 2 heterocycles. The van der Waals surface area contributed by atoms with Crippen molar-refractivity contribution in [1.29, 1.82) is 0 Å². The van der Waals surface area contributed by atoms with Crippen LogP contribution in [0.4, 0.5) is 0 Å². The summed E-state index contributed by atoms with van der Waals surface area (Å²) >= 11 is 1.87. The van der Waals surface area contributed by atoms with Gasteiger partial charge in [-0.3, -0.25) is 9.89 Å². The van der Waals surface area contributed by atoms with Gasteiger partial charge in [-0.15, -0.1) is 11.3 Å². The third kappa shape index (κ3) is 4.48. The van der Waals surface area contributed by atoms with E-state index in [-0.39, 0.29) is 0 Å². The Morgan fingerprint density at radius 1 is 1.39 bits per heavy atom. The van der Waals surface area contributed by atoms with E-state index in [0.29, 0.717) is 12.1 Å². The summed E-state index contributed by atoms with van der Waals surface area (Å²) in [5.74, 6) is 2.60. The summed E-state index contributed by atoms with van der Waals surface area (Å²) in [5.41, 5.74) is 0. The summed E-state index contributed by atoms with van der Waals surface area (Å²) in [4.78, 5) is 8.50. The minimum atomic E-state index is 0.456. The quantitative estimate of drug-likeness (QED) is 0.642. The molecule has 3 rings (SSSR count). The number of nitrogens with one attached hydrogen (secondary N) is 2. The standard InChI is InChI=1S/C18H30N4S/c1-13-6-8-22(9-7-13)16(17-5-4-10-23-17)12-20-18(19-3)21-15-11-14(15)2/h4-5,10,13-16H,6-9,11-12H2,1-3H3,(H2,19,20,21). The Balaban J connectivity index is 1.59. The van der Waals surface area contributed by atoms with Gasteiger partial charge in [0.2, 0.25) is 0 Å². The SMILES string of the molecule is CN=C(NCC(c1cccs1)N1CCC(C)CC1)NC1CC1C. The number of rotatable bonds is 5. The van der Waals surface area contributed by atoms with E-state index < -0.39 is 0 Å². The molecule has 0 bridgehead atoms. The molecule has 0 radical (unpaired) electrons. The molecule has 1 aromatic rings. The molecule has 3 atom stereocenters. The van der Waals surface area contributed by atoms with Crippen molar-refractivity contribution in [2.45, 2.75) is 45.2 Å². The van der Waals surface area contributed by atoms with Gasteiger partial charge in [-0.1, -0.05) is 19.9 Å². The van der Waals surface area contributed by atoms with Gasteiger partial charge in [0.1, 0.15) is 0 Å². The van der Waals surface area contributed by atoms with Crippen LogP contribution in [0, 0.1) is 11.8 Å². The van der Waals surface area contributed by atoms with E-state index in [2.05, 4.69) is 51.9 Å². The van der Waals surface area contributed by atoms with Crippen LogP contribution >= 0.6 is 11.3 Å². The number of aliphatic imine (C=N–C) groups is 1. The lowest BCUT2D eigenvalue weighted by atomic mass is 9.97. The summed E-state index contributed by atoms with van der Waals surface area (Å²) < 4.78 is 0. The first-order valence-corrected chi connectivity index (χ1v) is 9.80. The Morgan fingerprint density at radius 3 is 2.70 bits per heavy atom. The maximum absolute atomic E-state index is 4.39. The molecule has 4 nitrogen and oxygen atoms in total. The lowest BCUT2D eigenvalue weighted by molar-refractivity contribution is 0.140. The lowest BCUT2D eigenvalue weighted by Crippen LogP contribution is -2.45. The second kappa shape index (κ2) is 7.67. The number of thiophene rings is 1. The highest BCUT2D eigenvalue weighted by Gasteiger charge is 2.33. The van der Waals surface area contributed by atoms with Crippen molar-refractivity contribution in [3.63, 3.8) is 0 Å².